The van der Waals surface area contributed by atoms with Crippen LogP contribution in [0.25, 0.3) is 5.70 Å². The van der Waals surface area contributed by atoms with E-state index in [0.29, 0.717) is 28.5 Å². The van der Waals surface area contributed by atoms with Gasteiger partial charge in [0.25, 0.3) is 6.43 Å². The highest BCUT2D eigenvalue weighted by molar-refractivity contribution is 6.32. The fourth-order valence-corrected chi connectivity index (χ4v) is 2.56. The molecule has 23 heavy (non-hydrogen) atoms. The van der Waals surface area contributed by atoms with Gasteiger partial charge in [0.1, 0.15) is 12.4 Å². The van der Waals surface area contributed by atoms with Crippen LogP contribution in [0.5, 0.6) is 5.75 Å². The van der Waals surface area contributed by atoms with Crippen LogP contribution in [0, 0.1) is 11.8 Å². The van der Waals surface area contributed by atoms with Gasteiger partial charge in [-0.15, -0.1) is 5.92 Å². The van der Waals surface area contributed by atoms with E-state index in [1.54, 1.807) is 31.2 Å². The van der Waals surface area contributed by atoms with Crippen molar-refractivity contribution in [2.24, 2.45) is 0 Å². The molecule has 2 rings (SSSR count). The van der Waals surface area contributed by atoms with E-state index in [-0.39, 0.29) is 18.9 Å². The van der Waals surface area contributed by atoms with Gasteiger partial charge in [-0.3, -0.25) is 4.79 Å². The Kier molecular flexibility index (Phi) is 6.00. The first-order chi connectivity index (χ1) is 11.0. The van der Waals surface area contributed by atoms with Crippen molar-refractivity contribution in [2.75, 3.05) is 13.2 Å². The van der Waals surface area contributed by atoms with Gasteiger partial charge in [0.15, 0.2) is 0 Å². The Morgan fingerprint density at radius 1 is 1.43 bits per heavy atom. The van der Waals surface area contributed by atoms with E-state index in [9.17, 15) is 13.6 Å². The van der Waals surface area contributed by atoms with E-state index in [1.807, 2.05) is 0 Å². The van der Waals surface area contributed by atoms with Crippen LogP contribution in [-0.2, 0) is 4.79 Å². The number of hydrogen-bond donors (Lipinski definition) is 0. The second kappa shape index (κ2) is 7.98. The molecule has 122 valence electrons. The first kappa shape index (κ1) is 17.3. The third-order valence-corrected chi connectivity index (χ3v) is 3.63. The maximum Gasteiger partial charge on any atom is 0.256 e. The average Bonchev–Trinajstić information content (AvgIpc) is 2.50. The Labute approximate surface area is 138 Å². The minimum absolute atomic E-state index is 0.227. The van der Waals surface area contributed by atoms with Crippen LogP contribution < -0.4 is 4.74 Å². The van der Waals surface area contributed by atoms with Gasteiger partial charge in [0, 0.05) is 17.7 Å². The van der Waals surface area contributed by atoms with Gasteiger partial charge in [0.05, 0.1) is 11.6 Å². The number of halogens is 3. The fourth-order valence-electron chi connectivity index (χ4n) is 2.29. The third-order valence-electron chi connectivity index (χ3n) is 3.31. The number of nitrogens with zero attached hydrogens (tertiary/aromatic N) is 1. The number of carbonyl (C=O) groups is 1. The molecule has 6 heteroatoms. The van der Waals surface area contributed by atoms with Gasteiger partial charge < -0.3 is 9.64 Å². The van der Waals surface area contributed by atoms with Crippen molar-refractivity contribution in [3.05, 3.63) is 34.9 Å². The van der Waals surface area contributed by atoms with E-state index in [0.717, 1.165) is 4.90 Å². The molecule has 0 fully saturated rings. The van der Waals surface area contributed by atoms with Crippen LogP contribution in [0.4, 0.5) is 8.78 Å². The minimum Gasteiger partial charge on any atom is -0.481 e. The zero-order valence-electron chi connectivity index (χ0n) is 12.6. The summed E-state index contributed by atoms with van der Waals surface area (Å²) in [5.41, 5.74) is 0.959. The number of amides is 1. The fraction of sp³-hybridized carbons (Fsp3) is 0.353. The Balaban J connectivity index is 2.26. The quantitative estimate of drug-likeness (QED) is 0.760. The summed E-state index contributed by atoms with van der Waals surface area (Å²) < 4.78 is 30.9. The number of allylic oxidation sites excluding steroid dienone is 1. The molecule has 0 saturated heterocycles. The van der Waals surface area contributed by atoms with Gasteiger partial charge in [0.2, 0.25) is 5.91 Å². The van der Waals surface area contributed by atoms with Crippen LogP contribution in [0.3, 0.4) is 0 Å². The van der Waals surface area contributed by atoms with Gasteiger partial charge >= 0.3 is 0 Å². The molecule has 0 bridgehead atoms. The first-order valence-electron chi connectivity index (χ1n) is 7.14. The first-order valence-corrected chi connectivity index (χ1v) is 7.51. The van der Waals surface area contributed by atoms with Gasteiger partial charge in [-0.1, -0.05) is 23.6 Å². The van der Waals surface area contributed by atoms with E-state index in [4.69, 9.17) is 16.3 Å². The molecule has 0 unspecified atom stereocenters. The number of rotatable bonds is 5. The van der Waals surface area contributed by atoms with E-state index < -0.39 is 13.0 Å². The molecule has 1 heterocycles. The molecule has 0 spiro atoms. The molecule has 0 saturated carbocycles. The minimum atomic E-state index is -2.60. The summed E-state index contributed by atoms with van der Waals surface area (Å²) in [6, 6.07) is 4.94. The largest absolute Gasteiger partial charge is 0.481 e. The monoisotopic (exact) mass is 339 g/mol. The highest BCUT2D eigenvalue weighted by atomic mass is 35.5. The van der Waals surface area contributed by atoms with Crippen molar-refractivity contribution in [3.8, 4) is 17.6 Å². The van der Waals surface area contributed by atoms with E-state index in [2.05, 4.69) is 11.8 Å². The maximum absolute atomic E-state index is 12.7. The molecule has 1 amide bonds. The summed E-state index contributed by atoms with van der Waals surface area (Å²) in [6.07, 6.45) is -0.109. The van der Waals surface area contributed by atoms with Crippen molar-refractivity contribution < 1.29 is 18.3 Å². The number of hydrogen-bond acceptors (Lipinski definition) is 2. The van der Waals surface area contributed by atoms with Gasteiger partial charge in [-0.2, -0.15) is 0 Å². The zero-order chi connectivity index (χ0) is 16.8. The van der Waals surface area contributed by atoms with Crippen molar-refractivity contribution in [2.45, 2.75) is 26.2 Å². The average molecular weight is 340 g/mol. The second-order valence-corrected chi connectivity index (χ2v) is 5.29. The van der Waals surface area contributed by atoms with Gasteiger partial charge in [-0.05, 0) is 31.5 Å². The summed E-state index contributed by atoms with van der Waals surface area (Å²) >= 11 is 6.24. The Hall–Kier alpha value is -2.06. The molecular formula is C17H16ClF2NO2. The molecule has 1 aliphatic rings. The smallest absolute Gasteiger partial charge is 0.256 e. The highest BCUT2D eigenvalue weighted by Crippen LogP contribution is 2.33. The molecule has 1 aromatic rings. The lowest BCUT2D eigenvalue weighted by atomic mass is 10.0. The van der Waals surface area contributed by atoms with Gasteiger partial charge in [-0.25, -0.2) is 8.78 Å². The zero-order valence-corrected chi connectivity index (χ0v) is 13.4. The van der Waals surface area contributed by atoms with E-state index in [1.165, 1.54) is 0 Å². The van der Waals surface area contributed by atoms with Crippen molar-refractivity contribution in [3.63, 3.8) is 0 Å². The summed E-state index contributed by atoms with van der Waals surface area (Å²) in [6.45, 7) is 1.32. The summed E-state index contributed by atoms with van der Waals surface area (Å²) in [5, 5.41) is 0.340. The Bertz CT molecular complexity index is 677. The molecule has 0 N–H and O–H groups in total. The van der Waals surface area contributed by atoms with Crippen LogP contribution in [0.2, 0.25) is 5.02 Å². The molecule has 0 aromatic heterocycles. The highest BCUT2D eigenvalue weighted by Gasteiger charge is 2.26. The number of carbonyl (C=O) groups excluding carboxylic acids is 1. The molecular weight excluding hydrogens is 324 g/mol. The SMILES string of the molecule is CC#CCOc1ccc(C2=CCCC(=O)N2CC(F)F)c(Cl)c1. The van der Waals surface area contributed by atoms with Crippen LogP contribution in [-0.4, -0.2) is 30.4 Å². The Morgan fingerprint density at radius 2 is 2.22 bits per heavy atom. The molecule has 3 nitrogen and oxygen atoms in total. The van der Waals surface area contributed by atoms with Crippen LogP contribution >= 0.6 is 11.6 Å². The van der Waals surface area contributed by atoms with Crippen molar-refractivity contribution >= 4 is 23.2 Å². The molecule has 0 atom stereocenters. The van der Waals surface area contributed by atoms with E-state index >= 15 is 0 Å². The number of alkyl halides is 2. The predicted octanol–water partition coefficient (Wildman–Crippen LogP) is 3.97. The summed E-state index contributed by atoms with van der Waals surface area (Å²) in [7, 11) is 0. The predicted molar refractivity (Wildman–Crippen MR) is 85.3 cm³/mol. The normalized spacial score (nSPS) is 14.4. The topological polar surface area (TPSA) is 29.5 Å². The Morgan fingerprint density at radius 3 is 2.87 bits per heavy atom. The van der Waals surface area contributed by atoms with Crippen molar-refractivity contribution in [1.82, 2.24) is 4.90 Å². The lowest BCUT2D eigenvalue weighted by Crippen LogP contribution is -2.35. The number of ether oxygens (including phenoxy) is 1. The molecule has 0 aliphatic carbocycles. The maximum atomic E-state index is 12.7. The number of benzene rings is 1. The van der Waals surface area contributed by atoms with Crippen molar-refractivity contribution in [1.29, 1.82) is 0 Å². The standard InChI is InChI=1S/C17H16ClF2NO2/c1-2-3-9-23-12-7-8-13(14(18)10-12)15-5-4-6-17(22)21(15)11-16(19)20/h5,7-8,10,16H,4,6,9,11H2,1H3. The lowest BCUT2D eigenvalue weighted by Gasteiger charge is -2.29. The summed E-state index contributed by atoms with van der Waals surface area (Å²) in [4.78, 5) is 13.0. The van der Waals surface area contributed by atoms with Crippen LogP contribution in [0.1, 0.15) is 25.3 Å². The second-order valence-electron chi connectivity index (χ2n) is 4.88. The molecule has 0 radical (unpaired) electrons. The lowest BCUT2D eigenvalue weighted by molar-refractivity contribution is -0.129. The molecule has 1 aliphatic heterocycles. The molecule has 1 aromatic carbocycles. The summed E-state index contributed by atoms with van der Waals surface area (Å²) in [5.74, 6) is 5.69. The van der Waals surface area contributed by atoms with Crippen LogP contribution in [0.15, 0.2) is 24.3 Å². The third kappa shape index (κ3) is 4.46.